The van der Waals surface area contributed by atoms with Crippen LogP contribution in [0.4, 0.5) is 0 Å². The van der Waals surface area contributed by atoms with Crippen LogP contribution in [0.2, 0.25) is 0 Å². The quantitative estimate of drug-likeness (QED) is 0.552. The van der Waals surface area contributed by atoms with Gasteiger partial charge in [0, 0.05) is 26.2 Å². The van der Waals surface area contributed by atoms with Crippen molar-refractivity contribution in [1.29, 1.82) is 0 Å². The molecule has 174 valence electrons. The van der Waals surface area contributed by atoms with Crippen LogP contribution in [0.15, 0.2) is 53.4 Å². The highest BCUT2D eigenvalue weighted by atomic mass is 32.2. The van der Waals surface area contributed by atoms with E-state index in [4.69, 9.17) is 4.74 Å². The van der Waals surface area contributed by atoms with Crippen molar-refractivity contribution < 1.29 is 17.9 Å². The lowest BCUT2D eigenvalue weighted by atomic mass is 10.1. The second kappa shape index (κ2) is 11.6. The van der Waals surface area contributed by atoms with E-state index in [1.807, 2.05) is 38.1 Å². The normalized spacial score (nSPS) is 15.1. The average Bonchev–Trinajstić information content (AvgIpc) is 2.77. The van der Waals surface area contributed by atoms with Gasteiger partial charge in [-0.3, -0.25) is 9.69 Å². The third-order valence-corrected chi connectivity index (χ3v) is 7.30. The zero-order chi connectivity index (χ0) is 23.0. The van der Waals surface area contributed by atoms with Crippen LogP contribution in [0.1, 0.15) is 23.1 Å². The molecule has 0 unspecified atom stereocenters. The zero-order valence-corrected chi connectivity index (χ0v) is 19.7. The van der Waals surface area contributed by atoms with Crippen molar-refractivity contribution in [3.8, 4) is 0 Å². The molecule has 1 aliphatic heterocycles. The molecule has 0 aliphatic carbocycles. The van der Waals surface area contributed by atoms with Crippen molar-refractivity contribution in [2.45, 2.75) is 31.7 Å². The highest BCUT2D eigenvalue weighted by Crippen LogP contribution is 2.19. The minimum Gasteiger partial charge on any atom is -0.379 e. The monoisotopic (exact) mass is 459 g/mol. The Hall–Kier alpha value is -2.26. The van der Waals surface area contributed by atoms with Crippen LogP contribution in [-0.2, 0) is 26.1 Å². The van der Waals surface area contributed by atoms with Gasteiger partial charge in [0.25, 0.3) is 0 Å². The number of sulfonamides is 1. The highest BCUT2D eigenvalue weighted by Gasteiger charge is 2.27. The lowest BCUT2D eigenvalue weighted by Gasteiger charge is -2.26. The number of morpholine rings is 1. The van der Waals surface area contributed by atoms with Gasteiger partial charge in [-0.1, -0.05) is 47.5 Å². The van der Waals surface area contributed by atoms with Gasteiger partial charge in [0.15, 0.2) is 0 Å². The van der Waals surface area contributed by atoms with Gasteiger partial charge in [-0.05, 0) is 44.5 Å². The van der Waals surface area contributed by atoms with Gasteiger partial charge in [-0.15, -0.1) is 0 Å². The number of rotatable bonds is 10. The van der Waals surface area contributed by atoms with E-state index < -0.39 is 10.0 Å². The number of hydrogen-bond acceptors (Lipinski definition) is 5. The Bertz CT molecular complexity index is 987. The van der Waals surface area contributed by atoms with Crippen molar-refractivity contribution in [2.24, 2.45) is 0 Å². The SMILES string of the molecule is Cc1ccc(S(=O)(=O)N(CC(=O)NCCCN2CCOCC2)Cc2cccc(C)c2)cc1. The lowest BCUT2D eigenvalue weighted by Crippen LogP contribution is -2.41. The van der Waals surface area contributed by atoms with E-state index >= 15 is 0 Å². The predicted molar refractivity (Wildman–Crippen MR) is 125 cm³/mol. The lowest BCUT2D eigenvalue weighted by molar-refractivity contribution is -0.121. The molecule has 7 nitrogen and oxygen atoms in total. The predicted octanol–water partition coefficient (Wildman–Crippen LogP) is 2.33. The van der Waals surface area contributed by atoms with Gasteiger partial charge in [-0.25, -0.2) is 8.42 Å². The van der Waals surface area contributed by atoms with Gasteiger partial charge >= 0.3 is 0 Å². The molecule has 1 heterocycles. The molecule has 1 N–H and O–H groups in total. The molecule has 3 rings (SSSR count). The first-order valence-corrected chi connectivity index (χ1v) is 12.5. The molecule has 1 amide bonds. The number of carbonyl (C=O) groups is 1. The summed E-state index contributed by atoms with van der Waals surface area (Å²) >= 11 is 0. The first-order chi connectivity index (χ1) is 15.3. The summed E-state index contributed by atoms with van der Waals surface area (Å²) in [6, 6.07) is 14.4. The largest absolute Gasteiger partial charge is 0.379 e. The number of carbonyl (C=O) groups excluding carboxylic acids is 1. The number of amides is 1. The van der Waals surface area contributed by atoms with Gasteiger partial charge in [0.05, 0.1) is 24.7 Å². The third kappa shape index (κ3) is 7.13. The maximum absolute atomic E-state index is 13.3. The van der Waals surface area contributed by atoms with Crippen molar-refractivity contribution >= 4 is 15.9 Å². The van der Waals surface area contributed by atoms with Crippen LogP contribution in [0.5, 0.6) is 0 Å². The number of nitrogens with zero attached hydrogens (tertiary/aromatic N) is 2. The van der Waals surface area contributed by atoms with E-state index in [1.54, 1.807) is 24.3 Å². The van der Waals surface area contributed by atoms with E-state index in [2.05, 4.69) is 10.2 Å². The molecule has 0 radical (unpaired) electrons. The Morgan fingerprint density at radius 3 is 2.47 bits per heavy atom. The van der Waals surface area contributed by atoms with Crippen LogP contribution in [-0.4, -0.2) is 69.5 Å². The third-order valence-electron chi connectivity index (χ3n) is 5.50. The molecule has 1 aliphatic rings. The summed E-state index contributed by atoms with van der Waals surface area (Å²) in [5.74, 6) is -0.296. The highest BCUT2D eigenvalue weighted by molar-refractivity contribution is 7.89. The molecule has 0 aromatic heterocycles. The molecule has 2 aromatic carbocycles. The van der Waals surface area contributed by atoms with Gasteiger partial charge < -0.3 is 10.1 Å². The second-order valence-corrected chi connectivity index (χ2v) is 10.2. The van der Waals surface area contributed by atoms with Gasteiger partial charge in [0.1, 0.15) is 0 Å². The van der Waals surface area contributed by atoms with Crippen LogP contribution in [0.25, 0.3) is 0 Å². The zero-order valence-electron chi connectivity index (χ0n) is 18.9. The Labute approximate surface area is 191 Å². The summed E-state index contributed by atoms with van der Waals surface area (Å²) in [5, 5.41) is 2.88. The smallest absolute Gasteiger partial charge is 0.243 e. The number of hydrogen-bond donors (Lipinski definition) is 1. The molecular weight excluding hydrogens is 426 g/mol. The first kappa shape index (κ1) is 24.4. The summed E-state index contributed by atoms with van der Waals surface area (Å²) in [6.45, 7) is 8.50. The van der Waals surface area contributed by atoms with Crippen LogP contribution in [0, 0.1) is 13.8 Å². The molecule has 8 heteroatoms. The van der Waals surface area contributed by atoms with Crippen LogP contribution < -0.4 is 5.32 Å². The fourth-order valence-electron chi connectivity index (χ4n) is 3.67. The van der Waals surface area contributed by atoms with Gasteiger partial charge in [-0.2, -0.15) is 4.31 Å². The molecule has 1 fully saturated rings. The second-order valence-electron chi connectivity index (χ2n) is 8.23. The first-order valence-electron chi connectivity index (χ1n) is 11.0. The molecule has 0 bridgehead atoms. The number of aryl methyl sites for hydroxylation is 2. The number of ether oxygens (including phenoxy) is 1. The maximum Gasteiger partial charge on any atom is 0.243 e. The average molecular weight is 460 g/mol. The summed E-state index contributed by atoms with van der Waals surface area (Å²) in [7, 11) is -3.82. The standard InChI is InChI=1S/C24H33N3O4S/c1-20-7-9-23(10-8-20)32(29,30)27(18-22-6-3-5-21(2)17-22)19-24(28)25-11-4-12-26-13-15-31-16-14-26/h3,5-10,17H,4,11-16,18-19H2,1-2H3,(H,25,28). The number of benzene rings is 2. The van der Waals surface area contributed by atoms with Crippen molar-refractivity contribution in [3.63, 3.8) is 0 Å². The molecule has 2 aromatic rings. The van der Waals surface area contributed by atoms with Crippen LogP contribution >= 0.6 is 0 Å². The number of nitrogens with one attached hydrogen (secondary N) is 1. The fraction of sp³-hybridized carbons (Fsp3) is 0.458. The van der Waals surface area contributed by atoms with Gasteiger partial charge in [0.2, 0.25) is 15.9 Å². The topological polar surface area (TPSA) is 79.0 Å². The molecule has 0 atom stereocenters. The van der Waals surface area contributed by atoms with E-state index in [0.717, 1.165) is 56.0 Å². The van der Waals surface area contributed by atoms with Crippen LogP contribution in [0.3, 0.4) is 0 Å². The van der Waals surface area contributed by atoms with Crippen molar-refractivity contribution in [2.75, 3.05) is 45.9 Å². The van der Waals surface area contributed by atoms with E-state index in [9.17, 15) is 13.2 Å². The van der Waals surface area contributed by atoms with Crippen molar-refractivity contribution in [1.82, 2.24) is 14.5 Å². The summed E-state index contributed by atoms with van der Waals surface area (Å²) in [5.41, 5.74) is 2.87. The van der Waals surface area contributed by atoms with E-state index in [0.29, 0.717) is 6.54 Å². The fourth-order valence-corrected chi connectivity index (χ4v) is 5.06. The molecule has 0 saturated carbocycles. The van der Waals surface area contributed by atoms with Crippen molar-refractivity contribution in [3.05, 3.63) is 65.2 Å². The van der Waals surface area contributed by atoms with E-state index in [1.165, 1.54) is 4.31 Å². The Morgan fingerprint density at radius 1 is 1.06 bits per heavy atom. The summed E-state index contributed by atoms with van der Waals surface area (Å²) in [4.78, 5) is 15.1. The Balaban J connectivity index is 1.64. The Kier molecular flexibility index (Phi) is 8.81. The molecule has 0 spiro atoms. The summed E-state index contributed by atoms with van der Waals surface area (Å²) < 4.78 is 33.3. The summed E-state index contributed by atoms with van der Waals surface area (Å²) in [6.07, 6.45) is 0.814. The Morgan fingerprint density at radius 2 is 1.78 bits per heavy atom. The molecular formula is C24H33N3O4S. The van der Waals surface area contributed by atoms with E-state index in [-0.39, 0.29) is 23.9 Å². The molecule has 32 heavy (non-hydrogen) atoms. The molecule has 1 saturated heterocycles. The minimum atomic E-state index is -3.82. The minimum absolute atomic E-state index is 0.138. The maximum atomic E-state index is 13.3.